The maximum Gasteiger partial charge on any atom is 0.435 e. The molecule has 0 aliphatic rings. The van der Waals surface area contributed by atoms with Gasteiger partial charge in [0, 0.05) is 23.4 Å². The van der Waals surface area contributed by atoms with Gasteiger partial charge in [-0.1, -0.05) is 23.7 Å². The number of rotatable bonds is 4. The van der Waals surface area contributed by atoms with Crippen LogP contribution < -0.4 is 5.73 Å². The Bertz CT molecular complexity index is 1120. The van der Waals surface area contributed by atoms with Crippen LogP contribution in [-0.2, 0) is 22.6 Å². The quantitative estimate of drug-likeness (QED) is 0.678. The lowest BCUT2D eigenvalue weighted by Crippen LogP contribution is -2.08. The van der Waals surface area contributed by atoms with E-state index in [0.717, 1.165) is 17.0 Å². The van der Waals surface area contributed by atoms with E-state index in [1.807, 2.05) is 0 Å². The number of aromatic nitrogens is 2. The zero-order chi connectivity index (χ0) is 20.7. The molecular formula is C18H15ClF3N3O2S. The minimum atomic E-state index is -4.64. The number of alkyl halides is 3. The Morgan fingerprint density at radius 3 is 2.29 bits per heavy atom. The Morgan fingerprint density at radius 1 is 1.11 bits per heavy atom. The van der Waals surface area contributed by atoms with Crippen molar-refractivity contribution in [3.8, 4) is 16.9 Å². The number of hydrogen-bond donors (Lipinski definition) is 1. The fraction of sp³-hybridized carbons (Fsp3) is 0.167. The molecule has 0 saturated carbocycles. The van der Waals surface area contributed by atoms with Crippen LogP contribution >= 0.6 is 11.6 Å². The molecule has 0 saturated heterocycles. The van der Waals surface area contributed by atoms with Crippen molar-refractivity contribution in [2.45, 2.75) is 17.6 Å². The second kappa shape index (κ2) is 7.23. The lowest BCUT2D eigenvalue weighted by Gasteiger charge is -2.10. The molecule has 28 heavy (non-hydrogen) atoms. The molecule has 0 spiro atoms. The van der Waals surface area contributed by atoms with E-state index in [9.17, 15) is 21.6 Å². The maximum atomic E-state index is 13.2. The summed E-state index contributed by atoms with van der Waals surface area (Å²) in [6.45, 7) is 0.110. The van der Waals surface area contributed by atoms with Gasteiger partial charge in [-0.15, -0.1) is 0 Å². The summed E-state index contributed by atoms with van der Waals surface area (Å²) < 4.78 is 64.1. The first-order chi connectivity index (χ1) is 13.0. The molecule has 0 bridgehead atoms. The molecule has 0 aliphatic carbocycles. The topological polar surface area (TPSA) is 78.0 Å². The van der Waals surface area contributed by atoms with Crippen LogP contribution in [0.5, 0.6) is 0 Å². The largest absolute Gasteiger partial charge is 0.435 e. The smallest absolute Gasteiger partial charge is 0.326 e. The van der Waals surface area contributed by atoms with Gasteiger partial charge in [0.15, 0.2) is 15.5 Å². The zero-order valence-corrected chi connectivity index (χ0v) is 16.1. The van der Waals surface area contributed by atoms with Crippen LogP contribution in [0.25, 0.3) is 16.9 Å². The molecule has 0 unspecified atom stereocenters. The fourth-order valence-corrected chi connectivity index (χ4v) is 3.47. The van der Waals surface area contributed by atoms with E-state index in [1.165, 1.54) is 36.4 Å². The van der Waals surface area contributed by atoms with Gasteiger partial charge in [-0.2, -0.15) is 18.3 Å². The summed E-state index contributed by atoms with van der Waals surface area (Å²) in [7, 11) is -3.43. The third kappa shape index (κ3) is 4.06. The molecule has 10 heteroatoms. The maximum absolute atomic E-state index is 13.2. The van der Waals surface area contributed by atoms with Crippen molar-refractivity contribution < 1.29 is 21.6 Å². The minimum absolute atomic E-state index is 0.0651. The Labute approximate surface area is 164 Å². The van der Waals surface area contributed by atoms with E-state index in [1.54, 1.807) is 6.07 Å². The van der Waals surface area contributed by atoms with Crippen LogP contribution in [0.2, 0.25) is 5.02 Å². The molecule has 2 aromatic carbocycles. The van der Waals surface area contributed by atoms with Crippen molar-refractivity contribution in [2.75, 3.05) is 6.26 Å². The molecule has 148 valence electrons. The van der Waals surface area contributed by atoms with Gasteiger partial charge in [-0.25, -0.2) is 13.1 Å². The summed E-state index contributed by atoms with van der Waals surface area (Å²) in [6.07, 6.45) is -3.59. The predicted octanol–water partition coefficient (Wildman–Crippen LogP) is 4.07. The second-order valence-corrected chi connectivity index (χ2v) is 8.52. The van der Waals surface area contributed by atoms with Gasteiger partial charge in [0.1, 0.15) is 0 Å². The van der Waals surface area contributed by atoms with Crippen molar-refractivity contribution in [1.29, 1.82) is 0 Å². The summed E-state index contributed by atoms with van der Waals surface area (Å²) in [4.78, 5) is 0.0651. The first-order valence-electron chi connectivity index (χ1n) is 7.97. The van der Waals surface area contributed by atoms with Crippen molar-refractivity contribution in [2.24, 2.45) is 5.73 Å². The van der Waals surface area contributed by atoms with Crippen LogP contribution in [0, 0.1) is 0 Å². The van der Waals surface area contributed by atoms with Gasteiger partial charge < -0.3 is 5.73 Å². The van der Waals surface area contributed by atoms with E-state index in [0.29, 0.717) is 21.8 Å². The highest BCUT2D eigenvalue weighted by atomic mass is 35.5. The SMILES string of the molecule is CS(=O)(=O)c1ccc(-c2cc(C(F)(F)F)nn2-c2ccc(Cl)c(CN)c2)cc1. The molecule has 0 fully saturated rings. The number of nitrogens with zero attached hydrogens (tertiary/aromatic N) is 2. The number of nitrogens with two attached hydrogens (primary N) is 1. The van der Waals surface area contributed by atoms with Gasteiger partial charge >= 0.3 is 6.18 Å². The summed E-state index contributed by atoms with van der Waals surface area (Å²) >= 11 is 6.03. The summed E-state index contributed by atoms with van der Waals surface area (Å²) in [5, 5.41) is 4.09. The number of halogens is 4. The predicted molar refractivity (Wildman–Crippen MR) is 100 cm³/mol. The normalized spacial score (nSPS) is 12.4. The zero-order valence-electron chi connectivity index (χ0n) is 14.5. The first kappa shape index (κ1) is 20.4. The summed E-state index contributed by atoms with van der Waals surface area (Å²) in [5.74, 6) is 0. The molecule has 0 amide bonds. The average Bonchev–Trinajstić information content (AvgIpc) is 3.07. The lowest BCUT2D eigenvalue weighted by molar-refractivity contribution is -0.141. The van der Waals surface area contributed by atoms with Crippen molar-refractivity contribution >= 4 is 21.4 Å². The molecule has 2 N–H and O–H groups in total. The lowest BCUT2D eigenvalue weighted by atomic mass is 10.1. The van der Waals surface area contributed by atoms with Crippen LogP contribution in [0.15, 0.2) is 53.4 Å². The third-order valence-electron chi connectivity index (χ3n) is 4.07. The van der Waals surface area contributed by atoms with E-state index in [4.69, 9.17) is 17.3 Å². The standard InChI is InChI=1S/C18H15ClF3N3O2S/c1-28(26,27)14-5-2-11(3-6-14)16-9-17(18(20,21)22)24-25(16)13-4-7-15(19)12(8-13)10-23/h2-9H,10,23H2,1H3. The average molecular weight is 430 g/mol. The van der Waals surface area contributed by atoms with Crippen molar-refractivity contribution in [3.05, 3.63) is 64.8 Å². The molecule has 3 aromatic rings. The van der Waals surface area contributed by atoms with Crippen LogP contribution in [0.3, 0.4) is 0 Å². The van der Waals surface area contributed by atoms with Crippen LogP contribution in [-0.4, -0.2) is 24.5 Å². The highest BCUT2D eigenvalue weighted by Gasteiger charge is 2.35. The number of sulfone groups is 1. The molecular weight excluding hydrogens is 415 g/mol. The molecule has 1 heterocycles. The molecule has 0 radical (unpaired) electrons. The van der Waals surface area contributed by atoms with Gasteiger partial charge in [-0.05, 0) is 42.0 Å². The molecule has 0 aliphatic heterocycles. The number of benzene rings is 2. The van der Waals surface area contributed by atoms with Gasteiger partial charge in [0.05, 0.1) is 16.3 Å². The van der Waals surface area contributed by atoms with E-state index >= 15 is 0 Å². The van der Waals surface area contributed by atoms with E-state index in [-0.39, 0.29) is 17.1 Å². The van der Waals surface area contributed by atoms with Gasteiger partial charge in [-0.3, -0.25) is 0 Å². The molecule has 5 nitrogen and oxygen atoms in total. The highest BCUT2D eigenvalue weighted by molar-refractivity contribution is 7.90. The molecule has 3 rings (SSSR count). The minimum Gasteiger partial charge on any atom is -0.326 e. The third-order valence-corrected chi connectivity index (χ3v) is 5.57. The van der Waals surface area contributed by atoms with E-state index < -0.39 is 21.7 Å². The van der Waals surface area contributed by atoms with E-state index in [2.05, 4.69) is 5.10 Å². The fourth-order valence-electron chi connectivity index (χ4n) is 2.64. The monoisotopic (exact) mass is 429 g/mol. The Balaban J connectivity index is 2.19. The van der Waals surface area contributed by atoms with Gasteiger partial charge in [0.25, 0.3) is 0 Å². The van der Waals surface area contributed by atoms with Gasteiger partial charge in [0.2, 0.25) is 0 Å². The van der Waals surface area contributed by atoms with Crippen molar-refractivity contribution in [1.82, 2.24) is 9.78 Å². The molecule has 0 atom stereocenters. The van der Waals surface area contributed by atoms with Crippen molar-refractivity contribution in [3.63, 3.8) is 0 Å². The first-order valence-corrected chi connectivity index (χ1v) is 10.2. The van der Waals surface area contributed by atoms with Crippen LogP contribution in [0.4, 0.5) is 13.2 Å². The number of hydrogen-bond acceptors (Lipinski definition) is 4. The Morgan fingerprint density at radius 2 is 1.75 bits per heavy atom. The Kier molecular flexibility index (Phi) is 5.26. The summed E-state index contributed by atoms with van der Waals surface area (Å²) in [5.41, 5.74) is 5.99. The highest BCUT2D eigenvalue weighted by Crippen LogP contribution is 2.34. The van der Waals surface area contributed by atoms with Crippen LogP contribution in [0.1, 0.15) is 11.3 Å². The molecule has 1 aromatic heterocycles. The summed E-state index contributed by atoms with van der Waals surface area (Å²) in [6, 6.07) is 11.1. The second-order valence-electron chi connectivity index (χ2n) is 6.10. The Hall–Kier alpha value is -2.36.